The van der Waals surface area contributed by atoms with Gasteiger partial charge < -0.3 is 40.0 Å². The van der Waals surface area contributed by atoms with Crippen LogP contribution < -0.4 is 26.8 Å². The minimum atomic E-state index is -1.11. The van der Waals surface area contributed by atoms with Gasteiger partial charge in [0.2, 0.25) is 29.2 Å². The third-order valence-corrected chi connectivity index (χ3v) is 9.65. The standard InChI is InChI=1S/C39H40N8O8/c1-20(2)13-27-34(50)40-21(3)37-46-30(19-54-37)39(53)47-17-23(41-33(49)25-16-32(48)42-26-12-8-7-11-24(25)26)15-31(47)36(52)44-28(14-22-9-5-4-6-10-22)38-45-29(18-55-38)35(51)43-27/h4-12,16,18-21,23,27-28,31H,13-15,17H2,1-3H3,(H,40,50)(H,41,49)(H,42,48)(H,43,51)(H,44,52)/t21-,23+,27-,28+,31+/m1/s1. The number of aromatic amines is 1. The summed E-state index contributed by atoms with van der Waals surface area (Å²) in [6, 6.07) is 12.9. The number of benzene rings is 2. The van der Waals surface area contributed by atoms with Crippen molar-refractivity contribution in [1.29, 1.82) is 0 Å². The number of H-pyrrole nitrogens is 1. The van der Waals surface area contributed by atoms with E-state index in [1.165, 1.54) is 17.2 Å². The molecule has 2 aliphatic rings. The molecule has 55 heavy (non-hydrogen) atoms. The molecule has 5 atom stereocenters. The van der Waals surface area contributed by atoms with Gasteiger partial charge in [-0.05, 0) is 37.3 Å². The zero-order chi connectivity index (χ0) is 38.8. The summed E-state index contributed by atoms with van der Waals surface area (Å²) < 4.78 is 11.4. The molecule has 0 saturated carbocycles. The first kappa shape index (κ1) is 36.8. The van der Waals surface area contributed by atoms with Crippen LogP contribution in [0.4, 0.5) is 0 Å². The van der Waals surface area contributed by atoms with Crippen molar-refractivity contribution in [1.82, 2.24) is 41.1 Å². The Kier molecular flexibility index (Phi) is 10.3. The van der Waals surface area contributed by atoms with E-state index in [2.05, 4.69) is 36.2 Å². The van der Waals surface area contributed by atoms with Gasteiger partial charge >= 0.3 is 0 Å². The van der Waals surface area contributed by atoms with Gasteiger partial charge in [-0.3, -0.25) is 28.8 Å². The maximum atomic E-state index is 14.3. The molecule has 0 radical (unpaired) electrons. The van der Waals surface area contributed by atoms with Gasteiger partial charge in [-0.15, -0.1) is 0 Å². The van der Waals surface area contributed by atoms with Crippen molar-refractivity contribution in [2.45, 2.75) is 70.2 Å². The molecule has 1 saturated heterocycles. The van der Waals surface area contributed by atoms with Crippen LogP contribution in [0.25, 0.3) is 10.9 Å². The highest BCUT2D eigenvalue weighted by atomic mass is 16.3. The van der Waals surface area contributed by atoms with Crippen LogP contribution in [-0.4, -0.2) is 74.1 Å². The van der Waals surface area contributed by atoms with Crippen molar-refractivity contribution in [2.75, 3.05) is 6.54 Å². The Morgan fingerprint density at radius 1 is 0.873 bits per heavy atom. The zero-order valence-electron chi connectivity index (χ0n) is 30.3. The average molecular weight is 749 g/mol. The van der Waals surface area contributed by atoms with Crippen LogP contribution in [0.2, 0.25) is 0 Å². The van der Waals surface area contributed by atoms with E-state index in [9.17, 15) is 28.8 Å². The first-order valence-corrected chi connectivity index (χ1v) is 18.0. The van der Waals surface area contributed by atoms with Crippen molar-refractivity contribution in [3.63, 3.8) is 0 Å². The molecule has 5 aromatic rings. The Labute approximate surface area is 314 Å². The van der Waals surface area contributed by atoms with E-state index in [1.54, 1.807) is 31.2 Å². The molecule has 0 aliphatic carbocycles. The third kappa shape index (κ3) is 8.02. The van der Waals surface area contributed by atoms with Crippen LogP contribution in [0.1, 0.15) is 94.4 Å². The second-order valence-electron chi connectivity index (χ2n) is 14.3. The quantitative estimate of drug-likeness (QED) is 0.171. The number of nitrogens with one attached hydrogen (secondary N) is 5. The second kappa shape index (κ2) is 15.4. The van der Waals surface area contributed by atoms with Gasteiger partial charge in [0.25, 0.3) is 17.7 Å². The predicted molar refractivity (Wildman–Crippen MR) is 197 cm³/mol. The van der Waals surface area contributed by atoms with Crippen molar-refractivity contribution in [3.8, 4) is 0 Å². The van der Waals surface area contributed by atoms with Crippen LogP contribution >= 0.6 is 0 Å². The monoisotopic (exact) mass is 748 g/mol. The number of aromatic nitrogens is 3. The Morgan fingerprint density at radius 3 is 2.36 bits per heavy atom. The molecular formula is C39H40N8O8. The summed E-state index contributed by atoms with van der Waals surface area (Å²) in [7, 11) is 0. The molecule has 1 fully saturated rings. The molecular weight excluding hydrogens is 708 g/mol. The topological polar surface area (TPSA) is 222 Å². The number of para-hydroxylation sites is 1. The molecule has 2 aromatic carbocycles. The number of hydrogen-bond acceptors (Lipinski definition) is 10. The SMILES string of the molecule is CC(C)C[C@H]1NC(=O)c2coc(n2)[C@H](Cc2ccccc2)NC(=O)[C@@H]2C[C@H](NC(=O)c3cc(=O)[nH]c4ccccc34)CN2C(=O)c2coc(n2)[C@@H](C)NC1=O. The van der Waals surface area contributed by atoms with Gasteiger partial charge in [-0.25, -0.2) is 9.97 Å². The minimum Gasteiger partial charge on any atom is -0.446 e. The average Bonchev–Trinajstić information content (AvgIpc) is 3.94. The first-order valence-electron chi connectivity index (χ1n) is 18.0. The number of carbonyl (C=O) groups excluding carboxylic acids is 5. The molecule has 5 N–H and O–H groups in total. The summed E-state index contributed by atoms with van der Waals surface area (Å²) in [4.78, 5) is 94.4. The molecule has 16 nitrogen and oxygen atoms in total. The van der Waals surface area contributed by atoms with E-state index in [0.717, 1.165) is 11.8 Å². The highest BCUT2D eigenvalue weighted by molar-refractivity contribution is 6.06. The lowest BCUT2D eigenvalue weighted by atomic mass is 10.0. The van der Waals surface area contributed by atoms with E-state index in [1.807, 2.05) is 44.2 Å². The summed E-state index contributed by atoms with van der Waals surface area (Å²) in [5.74, 6) is -2.81. The Balaban J connectivity index is 1.24. The minimum absolute atomic E-state index is 0.0101. The number of fused-ring (bicyclic) bond motifs is 6. The summed E-state index contributed by atoms with van der Waals surface area (Å²) in [6.45, 7) is 5.37. The fourth-order valence-electron chi connectivity index (χ4n) is 6.98. The van der Waals surface area contributed by atoms with E-state index in [-0.39, 0.29) is 54.0 Å². The third-order valence-electron chi connectivity index (χ3n) is 9.65. The van der Waals surface area contributed by atoms with Crippen molar-refractivity contribution >= 4 is 40.4 Å². The first-order chi connectivity index (χ1) is 26.4. The lowest BCUT2D eigenvalue weighted by Gasteiger charge is -2.25. The number of oxazole rings is 2. The van der Waals surface area contributed by atoms with E-state index in [0.29, 0.717) is 17.3 Å². The maximum Gasteiger partial charge on any atom is 0.276 e. The summed E-state index contributed by atoms with van der Waals surface area (Å²) >= 11 is 0. The predicted octanol–water partition coefficient (Wildman–Crippen LogP) is 2.95. The Morgan fingerprint density at radius 2 is 1.58 bits per heavy atom. The second-order valence-corrected chi connectivity index (χ2v) is 14.3. The largest absolute Gasteiger partial charge is 0.446 e. The highest BCUT2D eigenvalue weighted by Gasteiger charge is 2.43. The summed E-state index contributed by atoms with van der Waals surface area (Å²) in [5, 5.41) is 12.0. The summed E-state index contributed by atoms with van der Waals surface area (Å²) in [5.41, 5.74) is 0.777. The lowest BCUT2D eigenvalue weighted by Crippen LogP contribution is -2.48. The fraction of sp³-hybridized carbons (Fsp3) is 0.333. The molecule has 0 spiro atoms. The van der Waals surface area contributed by atoms with Crippen molar-refractivity contribution in [3.05, 3.63) is 118 Å². The molecule has 284 valence electrons. The van der Waals surface area contributed by atoms with Gasteiger partial charge in [0.15, 0.2) is 11.4 Å². The molecule has 7 rings (SSSR count). The molecule has 4 bridgehead atoms. The van der Waals surface area contributed by atoms with Gasteiger partial charge in [0.1, 0.15) is 36.7 Å². The molecule has 3 aromatic heterocycles. The molecule has 2 aliphatic heterocycles. The van der Waals surface area contributed by atoms with Crippen molar-refractivity contribution in [2.24, 2.45) is 5.92 Å². The van der Waals surface area contributed by atoms with Gasteiger partial charge in [-0.2, -0.15) is 0 Å². The molecule has 0 unspecified atom stereocenters. The zero-order valence-corrected chi connectivity index (χ0v) is 30.3. The molecule has 16 heteroatoms. The number of amides is 5. The fourth-order valence-corrected chi connectivity index (χ4v) is 6.98. The normalized spacial score (nSPS) is 22.0. The number of hydrogen-bond donors (Lipinski definition) is 5. The van der Waals surface area contributed by atoms with Gasteiger partial charge in [0, 0.05) is 36.0 Å². The molecule has 5 heterocycles. The smallest absolute Gasteiger partial charge is 0.276 e. The summed E-state index contributed by atoms with van der Waals surface area (Å²) in [6.07, 6.45) is 2.85. The van der Waals surface area contributed by atoms with E-state index in [4.69, 9.17) is 8.83 Å². The van der Waals surface area contributed by atoms with Gasteiger partial charge in [0.05, 0.1) is 5.56 Å². The van der Waals surface area contributed by atoms with Crippen LogP contribution in [0.15, 0.2) is 86.8 Å². The van der Waals surface area contributed by atoms with Crippen LogP contribution in [0, 0.1) is 5.92 Å². The Hall–Kier alpha value is -6.58. The maximum absolute atomic E-state index is 14.3. The number of carbonyl (C=O) groups is 5. The van der Waals surface area contributed by atoms with Crippen LogP contribution in [0.5, 0.6) is 0 Å². The lowest BCUT2D eigenvalue weighted by molar-refractivity contribution is -0.126. The Bertz CT molecular complexity index is 2310. The number of pyridine rings is 1. The van der Waals surface area contributed by atoms with E-state index < -0.39 is 65.3 Å². The van der Waals surface area contributed by atoms with E-state index >= 15 is 0 Å². The van der Waals surface area contributed by atoms with Crippen LogP contribution in [-0.2, 0) is 16.0 Å². The number of rotatable bonds is 6. The molecule has 5 amide bonds. The van der Waals surface area contributed by atoms with Crippen LogP contribution in [0.3, 0.4) is 0 Å². The van der Waals surface area contributed by atoms with Crippen molar-refractivity contribution < 1.29 is 32.8 Å². The number of nitrogens with zero attached hydrogens (tertiary/aromatic N) is 3. The van der Waals surface area contributed by atoms with Gasteiger partial charge in [-0.1, -0.05) is 62.4 Å². The highest BCUT2D eigenvalue weighted by Crippen LogP contribution is 2.26.